The van der Waals surface area contributed by atoms with Crippen LogP contribution in [0.3, 0.4) is 0 Å². The number of carbonyl (C=O) groups excluding carboxylic acids is 1. The Bertz CT molecular complexity index is 1160. The summed E-state index contributed by atoms with van der Waals surface area (Å²) in [4.78, 5) is 27.7. The summed E-state index contributed by atoms with van der Waals surface area (Å²) in [5.41, 5.74) is 4.51. The lowest BCUT2D eigenvalue weighted by Gasteiger charge is -2.28. The number of aromatic nitrogens is 3. The molecule has 0 radical (unpaired) electrons. The molecule has 0 saturated carbocycles. The Balaban J connectivity index is 0.00000144. The van der Waals surface area contributed by atoms with E-state index in [2.05, 4.69) is 36.2 Å². The molecule has 4 N–H and O–H groups in total. The van der Waals surface area contributed by atoms with Crippen molar-refractivity contribution in [3.8, 4) is 0 Å². The van der Waals surface area contributed by atoms with Crippen molar-refractivity contribution >= 4 is 83.7 Å². The second kappa shape index (κ2) is 12.9. The van der Waals surface area contributed by atoms with Gasteiger partial charge in [0.2, 0.25) is 5.95 Å². The molecule has 5 rings (SSSR count). The van der Waals surface area contributed by atoms with E-state index in [-0.39, 0.29) is 43.3 Å². The second-order valence-electron chi connectivity index (χ2n) is 7.76. The first-order valence-corrected chi connectivity index (χ1v) is 10.9. The van der Waals surface area contributed by atoms with E-state index in [1.54, 1.807) is 12.4 Å². The molecule has 2 amide bonds. The van der Waals surface area contributed by atoms with Crippen LogP contribution in [-0.4, -0.2) is 52.1 Å². The average Bonchev–Trinajstić information content (AvgIpc) is 2.82. The maximum Gasteiger partial charge on any atom is 0.321 e. The Labute approximate surface area is 227 Å². The minimum absolute atomic E-state index is 0. The summed E-state index contributed by atoms with van der Waals surface area (Å²) >= 11 is 6.32. The summed E-state index contributed by atoms with van der Waals surface area (Å²) in [7, 11) is 0. The summed E-state index contributed by atoms with van der Waals surface area (Å²) in [6, 6.07) is 7.79. The molecule has 1 saturated heterocycles. The maximum atomic E-state index is 12.8. The van der Waals surface area contributed by atoms with Crippen LogP contribution >= 0.6 is 48.8 Å². The van der Waals surface area contributed by atoms with Crippen LogP contribution in [0.2, 0.25) is 5.02 Å². The third-order valence-electron chi connectivity index (χ3n) is 5.49. The number of fused-ring (bicyclic) bond motifs is 6. The number of carbonyl (C=O) groups is 1. The Morgan fingerprint density at radius 1 is 0.971 bits per heavy atom. The number of benzene rings is 1. The third-order valence-corrected chi connectivity index (χ3v) is 5.77. The fourth-order valence-electron chi connectivity index (χ4n) is 3.81. The molecule has 0 atom stereocenters. The van der Waals surface area contributed by atoms with Crippen molar-refractivity contribution in [1.82, 2.24) is 25.2 Å². The molecule has 6 bridgehead atoms. The van der Waals surface area contributed by atoms with Gasteiger partial charge in [-0.1, -0.05) is 11.6 Å². The SMILES string of the molecule is Cl.Cl.Cl.O=C(Nc1ccc2cc1CCc1cncc(c1)Nc1ncc(Cl)c(n1)N2)N1CCNCC1. The summed E-state index contributed by atoms with van der Waals surface area (Å²) in [5.74, 6) is 0.923. The zero-order valence-corrected chi connectivity index (χ0v) is 21.8. The highest BCUT2D eigenvalue weighted by atomic mass is 35.5. The van der Waals surface area contributed by atoms with Crippen molar-refractivity contribution in [3.05, 3.63) is 59.0 Å². The van der Waals surface area contributed by atoms with Crippen LogP contribution in [0.1, 0.15) is 11.1 Å². The molecule has 2 aliphatic rings. The van der Waals surface area contributed by atoms with E-state index in [0.29, 0.717) is 29.9 Å². The van der Waals surface area contributed by atoms with Crippen LogP contribution in [0.4, 0.5) is 33.6 Å². The van der Waals surface area contributed by atoms with E-state index in [0.717, 1.165) is 54.1 Å². The maximum absolute atomic E-state index is 12.8. The zero-order chi connectivity index (χ0) is 21.9. The van der Waals surface area contributed by atoms with Crippen LogP contribution < -0.4 is 21.3 Å². The number of hydrogen-bond donors (Lipinski definition) is 4. The molecule has 1 fully saturated rings. The van der Waals surface area contributed by atoms with Crippen LogP contribution in [-0.2, 0) is 12.8 Å². The zero-order valence-electron chi connectivity index (χ0n) is 18.6. The number of hydrogen-bond acceptors (Lipinski definition) is 7. The van der Waals surface area contributed by atoms with Gasteiger partial charge in [-0.15, -0.1) is 37.2 Å². The van der Waals surface area contributed by atoms with Gasteiger partial charge in [-0.25, -0.2) is 9.78 Å². The van der Waals surface area contributed by atoms with Crippen LogP contribution in [0.5, 0.6) is 0 Å². The van der Waals surface area contributed by atoms with Gasteiger partial charge in [0.1, 0.15) is 5.02 Å². The summed E-state index contributed by atoms with van der Waals surface area (Å²) < 4.78 is 0. The van der Waals surface area contributed by atoms with Crippen molar-refractivity contribution in [2.45, 2.75) is 12.8 Å². The van der Waals surface area contributed by atoms with Gasteiger partial charge in [-0.05, 0) is 48.2 Å². The molecule has 0 aliphatic carbocycles. The normalized spacial score (nSPS) is 14.0. The Morgan fingerprint density at radius 3 is 2.57 bits per heavy atom. The van der Waals surface area contributed by atoms with Crippen LogP contribution in [0.15, 0.2) is 42.9 Å². The minimum Gasteiger partial charge on any atom is -0.339 e. The molecule has 35 heavy (non-hydrogen) atoms. The van der Waals surface area contributed by atoms with Gasteiger partial charge in [0, 0.05) is 43.8 Å². The molecule has 188 valence electrons. The highest BCUT2D eigenvalue weighted by molar-refractivity contribution is 6.32. The molecule has 2 aliphatic heterocycles. The minimum atomic E-state index is -0.0808. The van der Waals surface area contributed by atoms with Gasteiger partial charge in [0.25, 0.3) is 0 Å². The van der Waals surface area contributed by atoms with Gasteiger partial charge < -0.3 is 26.2 Å². The quantitative estimate of drug-likeness (QED) is 0.339. The number of amides is 2. The molecule has 3 aromatic rings. The lowest BCUT2D eigenvalue weighted by atomic mass is 10.0. The Hall–Kier alpha value is -2.56. The van der Waals surface area contributed by atoms with Gasteiger partial charge >= 0.3 is 6.03 Å². The number of nitrogens with one attached hydrogen (secondary N) is 4. The van der Waals surface area contributed by atoms with E-state index in [4.69, 9.17) is 11.6 Å². The number of piperazine rings is 1. The van der Waals surface area contributed by atoms with E-state index in [9.17, 15) is 4.79 Å². The number of rotatable bonds is 1. The topological polar surface area (TPSA) is 107 Å². The Kier molecular flexibility index (Phi) is 10.6. The first kappa shape index (κ1) is 28.7. The molecule has 4 heterocycles. The number of urea groups is 1. The molecular weight excluding hydrogens is 534 g/mol. The van der Waals surface area contributed by atoms with Crippen molar-refractivity contribution < 1.29 is 4.79 Å². The smallest absolute Gasteiger partial charge is 0.321 e. The number of aryl methyl sites for hydroxylation is 2. The highest BCUT2D eigenvalue weighted by Gasteiger charge is 2.18. The summed E-state index contributed by atoms with van der Waals surface area (Å²) in [6.45, 7) is 3.01. The van der Waals surface area contributed by atoms with Gasteiger partial charge in [-0.2, -0.15) is 4.98 Å². The fraction of sp³-hybridized carbons (Fsp3) is 0.273. The molecule has 0 unspecified atom stereocenters. The van der Waals surface area contributed by atoms with Crippen LogP contribution in [0, 0.1) is 0 Å². The van der Waals surface area contributed by atoms with E-state index in [1.807, 2.05) is 35.4 Å². The number of pyridine rings is 1. The standard InChI is InChI=1S/C22H23ClN8O.3ClH/c23-18-13-26-21-28-17-9-14(11-25-12-17)1-2-15-10-16(27-20(18)30-21)3-4-19(15)29-22(32)31-7-5-24-6-8-31;;;/h3-4,9-13,24H,1-2,5-8H2,(H,29,32)(H2,26,27,28,30);3*1H. The Morgan fingerprint density at radius 2 is 1.77 bits per heavy atom. The predicted octanol–water partition coefficient (Wildman–Crippen LogP) is 4.81. The predicted molar refractivity (Wildman–Crippen MR) is 147 cm³/mol. The number of anilines is 5. The number of halogens is 4. The van der Waals surface area contributed by atoms with Crippen molar-refractivity contribution in [2.75, 3.05) is 42.1 Å². The second-order valence-corrected chi connectivity index (χ2v) is 8.17. The fourth-order valence-corrected chi connectivity index (χ4v) is 3.95. The molecule has 13 heteroatoms. The van der Waals surface area contributed by atoms with E-state index < -0.39 is 0 Å². The largest absolute Gasteiger partial charge is 0.339 e. The number of nitrogens with zero attached hydrogens (tertiary/aromatic N) is 4. The van der Waals surface area contributed by atoms with Gasteiger partial charge in [-0.3, -0.25) is 4.98 Å². The first-order chi connectivity index (χ1) is 15.6. The molecule has 9 nitrogen and oxygen atoms in total. The summed E-state index contributed by atoms with van der Waals surface area (Å²) in [5, 5.41) is 13.2. The van der Waals surface area contributed by atoms with E-state index in [1.165, 1.54) is 0 Å². The lowest BCUT2D eigenvalue weighted by Crippen LogP contribution is -2.48. The molecule has 0 spiro atoms. The highest BCUT2D eigenvalue weighted by Crippen LogP contribution is 2.29. The lowest BCUT2D eigenvalue weighted by molar-refractivity contribution is 0.204. The molecule has 2 aromatic heterocycles. The summed E-state index contributed by atoms with van der Waals surface area (Å²) in [6.07, 6.45) is 6.63. The third kappa shape index (κ3) is 6.99. The first-order valence-electron chi connectivity index (χ1n) is 10.5. The average molecular weight is 560 g/mol. The van der Waals surface area contributed by atoms with E-state index >= 15 is 0 Å². The van der Waals surface area contributed by atoms with Gasteiger partial charge in [0.05, 0.1) is 18.1 Å². The molecular formula is C22H26Cl4N8O. The van der Waals surface area contributed by atoms with Crippen molar-refractivity contribution in [1.29, 1.82) is 0 Å². The van der Waals surface area contributed by atoms with Crippen molar-refractivity contribution in [3.63, 3.8) is 0 Å². The monoisotopic (exact) mass is 558 g/mol. The van der Waals surface area contributed by atoms with Crippen LogP contribution in [0.25, 0.3) is 0 Å². The van der Waals surface area contributed by atoms with Crippen molar-refractivity contribution in [2.24, 2.45) is 0 Å². The molecule has 1 aromatic carbocycles. The van der Waals surface area contributed by atoms with Gasteiger partial charge in [0.15, 0.2) is 5.82 Å².